The Morgan fingerprint density at radius 2 is 1.33 bits per heavy atom. The fourth-order valence-corrected chi connectivity index (χ4v) is 1.91. The highest BCUT2D eigenvalue weighted by molar-refractivity contribution is 7.41. The Balaban J connectivity index is 4.19. The van der Waals surface area contributed by atoms with E-state index in [1.807, 2.05) is 48.6 Å². The first-order valence-electron chi connectivity index (χ1n) is 5.10. The van der Waals surface area contributed by atoms with Crippen LogP contribution in [0.1, 0.15) is 41.5 Å². The van der Waals surface area contributed by atoms with Crippen LogP contribution < -0.4 is 5.32 Å². The standard InChI is InChI=1S/C10H24NO3P/c1-9(2,3)13-15(12-8-11-7)14-10(4,5)6/h11H,8H2,1-7H3. The van der Waals surface area contributed by atoms with Crippen molar-refractivity contribution in [2.75, 3.05) is 13.8 Å². The smallest absolute Gasteiger partial charge is 0.306 e. The molecule has 0 aliphatic heterocycles. The fourth-order valence-electron chi connectivity index (χ4n) is 0.636. The van der Waals surface area contributed by atoms with Gasteiger partial charge in [-0.1, -0.05) is 0 Å². The molecule has 0 aromatic carbocycles. The van der Waals surface area contributed by atoms with Gasteiger partial charge in [-0.25, -0.2) is 0 Å². The summed E-state index contributed by atoms with van der Waals surface area (Å²) in [6, 6.07) is 0. The van der Waals surface area contributed by atoms with Crippen molar-refractivity contribution in [3.05, 3.63) is 0 Å². The van der Waals surface area contributed by atoms with E-state index < -0.39 is 8.60 Å². The van der Waals surface area contributed by atoms with E-state index in [-0.39, 0.29) is 11.2 Å². The topological polar surface area (TPSA) is 39.7 Å². The van der Waals surface area contributed by atoms with Gasteiger partial charge in [0.05, 0.1) is 11.2 Å². The molecule has 0 unspecified atom stereocenters. The summed E-state index contributed by atoms with van der Waals surface area (Å²) in [4.78, 5) is 0. The van der Waals surface area contributed by atoms with Crippen molar-refractivity contribution in [1.29, 1.82) is 0 Å². The molecule has 0 radical (unpaired) electrons. The van der Waals surface area contributed by atoms with Gasteiger partial charge in [0.2, 0.25) is 0 Å². The van der Waals surface area contributed by atoms with Gasteiger partial charge in [-0.05, 0) is 48.6 Å². The van der Waals surface area contributed by atoms with Gasteiger partial charge in [-0.3, -0.25) is 9.84 Å². The van der Waals surface area contributed by atoms with Gasteiger partial charge >= 0.3 is 8.60 Å². The van der Waals surface area contributed by atoms with E-state index in [0.29, 0.717) is 6.73 Å². The van der Waals surface area contributed by atoms with E-state index >= 15 is 0 Å². The molecule has 0 rings (SSSR count). The zero-order valence-corrected chi connectivity index (χ0v) is 11.8. The summed E-state index contributed by atoms with van der Waals surface area (Å²) in [6.45, 7) is 12.3. The predicted octanol–water partition coefficient (Wildman–Crippen LogP) is 3.04. The highest BCUT2D eigenvalue weighted by atomic mass is 31.2. The van der Waals surface area contributed by atoms with Crippen molar-refractivity contribution in [3.63, 3.8) is 0 Å². The second-order valence-corrected chi connectivity index (χ2v) is 6.33. The molecular formula is C10H24NO3P. The van der Waals surface area contributed by atoms with Crippen LogP contribution in [0, 0.1) is 0 Å². The van der Waals surface area contributed by atoms with E-state index in [9.17, 15) is 0 Å². The molecule has 0 aliphatic rings. The van der Waals surface area contributed by atoms with E-state index in [0.717, 1.165) is 0 Å². The molecule has 0 fully saturated rings. The highest BCUT2D eigenvalue weighted by Crippen LogP contribution is 2.46. The zero-order valence-electron chi connectivity index (χ0n) is 10.9. The van der Waals surface area contributed by atoms with Crippen LogP contribution in [0.3, 0.4) is 0 Å². The Hall–Kier alpha value is 0.270. The summed E-state index contributed by atoms with van der Waals surface area (Å²) in [7, 11) is 0.516. The molecule has 0 bridgehead atoms. The first-order chi connectivity index (χ1) is 6.64. The van der Waals surface area contributed by atoms with Crippen molar-refractivity contribution >= 4 is 8.60 Å². The van der Waals surface area contributed by atoms with Crippen molar-refractivity contribution in [1.82, 2.24) is 5.32 Å². The van der Waals surface area contributed by atoms with Crippen molar-refractivity contribution in [2.45, 2.75) is 52.7 Å². The molecule has 0 heterocycles. The Morgan fingerprint density at radius 1 is 0.933 bits per heavy atom. The van der Waals surface area contributed by atoms with Crippen LogP contribution >= 0.6 is 8.60 Å². The van der Waals surface area contributed by atoms with Crippen molar-refractivity contribution in [3.8, 4) is 0 Å². The Morgan fingerprint density at radius 3 is 1.60 bits per heavy atom. The Kier molecular flexibility index (Phi) is 6.23. The van der Waals surface area contributed by atoms with Gasteiger partial charge in [0.15, 0.2) is 0 Å². The molecule has 0 atom stereocenters. The lowest BCUT2D eigenvalue weighted by Gasteiger charge is -2.30. The lowest BCUT2D eigenvalue weighted by molar-refractivity contribution is 0.0314. The van der Waals surface area contributed by atoms with Gasteiger partial charge in [-0.15, -0.1) is 0 Å². The van der Waals surface area contributed by atoms with Gasteiger partial charge in [-0.2, -0.15) is 0 Å². The molecule has 1 N–H and O–H groups in total. The average molecular weight is 237 g/mol. The first-order valence-corrected chi connectivity index (χ1v) is 6.19. The van der Waals surface area contributed by atoms with Gasteiger partial charge in [0, 0.05) is 0 Å². The third kappa shape index (κ3) is 10.6. The molecule has 0 amide bonds. The SMILES string of the molecule is CNCOP(OC(C)(C)C)OC(C)(C)C. The third-order valence-corrected chi connectivity index (χ3v) is 2.74. The van der Waals surface area contributed by atoms with Crippen LogP contribution in [0.15, 0.2) is 0 Å². The summed E-state index contributed by atoms with van der Waals surface area (Å²) in [5.74, 6) is 0. The largest absolute Gasteiger partial charge is 0.335 e. The molecular weight excluding hydrogens is 213 g/mol. The minimum absolute atomic E-state index is 0.259. The number of rotatable bonds is 5. The molecule has 15 heavy (non-hydrogen) atoms. The Labute approximate surface area is 94.7 Å². The summed E-state index contributed by atoms with van der Waals surface area (Å²) in [5, 5.41) is 2.90. The second-order valence-electron chi connectivity index (χ2n) is 5.26. The maximum Gasteiger partial charge on any atom is 0.335 e. The van der Waals surface area contributed by atoms with Crippen LogP contribution in [-0.4, -0.2) is 25.0 Å². The third-order valence-electron chi connectivity index (χ3n) is 1.01. The normalized spacial score (nSPS) is 13.6. The van der Waals surface area contributed by atoms with Gasteiger partial charge in [0.25, 0.3) is 0 Å². The molecule has 5 heteroatoms. The zero-order chi connectivity index (χ0) is 12.1. The minimum atomic E-state index is -1.31. The molecule has 0 aromatic rings. The highest BCUT2D eigenvalue weighted by Gasteiger charge is 2.26. The lowest BCUT2D eigenvalue weighted by atomic mass is 10.2. The van der Waals surface area contributed by atoms with Crippen molar-refractivity contribution < 1.29 is 13.6 Å². The molecule has 0 saturated heterocycles. The molecule has 4 nitrogen and oxygen atoms in total. The molecule has 0 saturated carbocycles. The maximum absolute atomic E-state index is 5.70. The molecule has 92 valence electrons. The minimum Gasteiger partial charge on any atom is -0.306 e. The number of nitrogens with one attached hydrogen (secondary N) is 1. The molecule has 0 aromatic heterocycles. The molecule has 0 aliphatic carbocycles. The van der Waals surface area contributed by atoms with Gasteiger partial charge in [0.1, 0.15) is 6.73 Å². The van der Waals surface area contributed by atoms with E-state index in [1.54, 1.807) is 0 Å². The van der Waals surface area contributed by atoms with Crippen LogP contribution in [0.25, 0.3) is 0 Å². The molecule has 0 spiro atoms. The van der Waals surface area contributed by atoms with Crippen LogP contribution in [0.4, 0.5) is 0 Å². The van der Waals surface area contributed by atoms with E-state index in [1.165, 1.54) is 0 Å². The quantitative estimate of drug-likeness (QED) is 0.589. The Bertz CT molecular complexity index is 158. The number of hydrogen-bond donors (Lipinski definition) is 1. The predicted molar refractivity (Wildman–Crippen MR) is 63.6 cm³/mol. The lowest BCUT2D eigenvalue weighted by Crippen LogP contribution is -2.24. The summed E-state index contributed by atoms with van der Waals surface area (Å²) >= 11 is 0. The monoisotopic (exact) mass is 237 g/mol. The summed E-state index contributed by atoms with van der Waals surface area (Å²) in [6.07, 6.45) is 0. The van der Waals surface area contributed by atoms with Crippen LogP contribution in [0.5, 0.6) is 0 Å². The van der Waals surface area contributed by atoms with E-state index in [4.69, 9.17) is 13.6 Å². The van der Waals surface area contributed by atoms with Gasteiger partial charge < -0.3 is 9.05 Å². The second kappa shape index (κ2) is 6.12. The first kappa shape index (κ1) is 15.3. The number of hydrogen-bond acceptors (Lipinski definition) is 4. The maximum atomic E-state index is 5.70. The van der Waals surface area contributed by atoms with Crippen molar-refractivity contribution in [2.24, 2.45) is 0 Å². The van der Waals surface area contributed by atoms with E-state index in [2.05, 4.69) is 5.32 Å². The average Bonchev–Trinajstić information content (AvgIpc) is 1.94. The fraction of sp³-hybridized carbons (Fsp3) is 1.00. The van der Waals surface area contributed by atoms with Crippen LogP contribution in [-0.2, 0) is 13.6 Å². The van der Waals surface area contributed by atoms with Crippen LogP contribution in [0.2, 0.25) is 0 Å². The summed E-state index contributed by atoms with van der Waals surface area (Å²) in [5.41, 5.74) is -0.518. The summed E-state index contributed by atoms with van der Waals surface area (Å²) < 4.78 is 16.8.